The molecule has 2 atom stereocenters. The summed E-state index contributed by atoms with van der Waals surface area (Å²) in [5.74, 6) is 0.744. The highest BCUT2D eigenvalue weighted by atomic mass is 32.1. The van der Waals surface area contributed by atoms with Crippen LogP contribution < -0.4 is 5.73 Å². The molecule has 1 heterocycles. The van der Waals surface area contributed by atoms with Crippen LogP contribution >= 0.6 is 12.2 Å². The third-order valence-corrected chi connectivity index (χ3v) is 5.09. The summed E-state index contributed by atoms with van der Waals surface area (Å²) in [6.45, 7) is 2.51. The number of nitrogens with zero attached hydrogens (tertiary/aromatic N) is 1. The van der Waals surface area contributed by atoms with Gasteiger partial charge in [-0.3, -0.25) is 0 Å². The largest absolute Gasteiger partial charge is 0.449 e. The maximum atomic E-state index is 9.82. The van der Waals surface area contributed by atoms with Crippen molar-refractivity contribution >= 4 is 24.1 Å². The van der Waals surface area contributed by atoms with Gasteiger partial charge >= 0.3 is 6.92 Å². The average molecular weight is 268 g/mol. The standard InChI is InChI=1S/C13H25BN2OS/c1-14(17)11-8-5-9-16(11)13(18)12(15)10-6-3-2-4-7-10/h10-12,17H,2-9,15H2,1H3/t11-,12-/m0/s1. The van der Waals surface area contributed by atoms with Gasteiger partial charge in [0.15, 0.2) is 0 Å². The summed E-state index contributed by atoms with van der Waals surface area (Å²) < 4.78 is 0. The molecule has 0 aromatic rings. The molecule has 0 bridgehead atoms. The van der Waals surface area contributed by atoms with E-state index in [2.05, 4.69) is 4.90 Å². The predicted octanol–water partition coefficient (Wildman–Crippen LogP) is 1.84. The minimum absolute atomic E-state index is 0.0136. The van der Waals surface area contributed by atoms with Crippen LogP contribution in [-0.2, 0) is 0 Å². The monoisotopic (exact) mass is 268 g/mol. The van der Waals surface area contributed by atoms with Crippen molar-refractivity contribution in [2.24, 2.45) is 11.7 Å². The van der Waals surface area contributed by atoms with Crippen LogP contribution in [-0.4, -0.2) is 40.4 Å². The number of thiocarbonyl (C=S) groups is 1. The molecule has 0 amide bonds. The van der Waals surface area contributed by atoms with E-state index in [1.54, 1.807) is 0 Å². The molecule has 2 rings (SSSR count). The number of nitrogens with two attached hydrogens (primary N) is 1. The van der Waals surface area contributed by atoms with Crippen LogP contribution in [0, 0.1) is 5.92 Å². The quantitative estimate of drug-likeness (QED) is 0.605. The molecule has 0 aromatic carbocycles. The van der Waals surface area contributed by atoms with Crippen molar-refractivity contribution in [2.75, 3.05) is 6.54 Å². The van der Waals surface area contributed by atoms with Crippen LogP contribution in [0.2, 0.25) is 6.82 Å². The lowest BCUT2D eigenvalue weighted by Crippen LogP contribution is -2.52. The zero-order chi connectivity index (χ0) is 13.1. The van der Waals surface area contributed by atoms with Crippen LogP contribution in [0.3, 0.4) is 0 Å². The van der Waals surface area contributed by atoms with E-state index in [1.165, 1.54) is 32.1 Å². The maximum absolute atomic E-state index is 9.82. The first-order chi connectivity index (χ1) is 8.61. The molecule has 3 N–H and O–H groups in total. The second-order valence-corrected chi connectivity index (χ2v) is 6.32. The van der Waals surface area contributed by atoms with Gasteiger partial charge in [0.1, 0.15) is 0 Å². The van der Waals surface area contributed by atoms with Gasteiger partial charge in [0.05, 0.1) is 11.0 Å². The number of hydrogen-bond donors (Lipinski definition) is 2. The molecular weight excluding hydrogens is 243 g/mol. The highest BCUT2D eigenvalue weighted by Crippen LogP contribution is 2.29. The predicted molar refractivity (Wildman–Crippen MR) is 80.7 cm³/mol. The summed E-state index contributed by atoms with van der Waals surface area (Å²) in [6.07, 6.45) is 8.52. The van der Waals surface area contributed by atoms with Crippen LogP contribution in [0.15, 0.2) is 0 Å². The van der Waals surface area contributed by atoms with Gasteiger partial charge in [-0.25, -0.2) is 0 Å². The molecule has 2 fully saturated rings. The third kappa shape index (κ3) is 3.06. The van der Waals surface area contributed by atoms with E-state index in [9.17, 15) is 5.02 Å². The van der Waals surface area contributed by atoms with E-state index >= 15 is 0 Å². The first-order valence-corrected chi connectivity index (χ1v) is 7.76. The van der Waals surface area contributed by atoms with Crippen molar-refractivity contribution in [2.45, 2.75) is 63.8 Å². The van der Waals surface area contributed by atoms with E-state index in [4.69, 9.17) is 18.0 Å². The fraction of sp³-hybridized carbons (Fsp3) is 0.923. The highest BCUT2D eigenvalue weighted by Gasteiger charge is 2.36. The van der Waals surface area contributed by atoms with Gasteiger partial charge < -0.3 is 15.7 Å². The molecule has 2 aliphatic rings. The van der Waals surface area contributed by atoms with Crippen LogP contribution in [0.5, 0.6) is 0 Å². The molecule has 3 nitrogen and oxygen atoms in total. The number of rotatable bonds is 3. The van der Waals surface area contributed by atoms with Crippen molar-refractivity contribution in [3.63, 3.8) is 0 Å². The van der Waals surface area contributed by atoms with E-state index in [1.807, 2.05) is 6.82 Å². The van der Waals surface area contributed by atoms with Crippen LogP contribution in [0.1, 0.15) is 44.9 Å². The first-order valence-electron chi connectivity index (χ1n) is 7.35. The van der Waals surface area contributed by atoms with Crippen molar-refractivity contribution in [3.05, 3.63) is 0 Å². The number of hydrogen-bond acceptors (Lipinski definition) is 3. The summed E-state index contributed by atoms with van der Waals surface area (Å²) in [6, 6.07) is 0.0136. The van der Waals surface area contributed by atoms with E-state index in [0.29, 0.717) is 5.92 Å². The van der Waals surface area contributed by atoms with Crippen molar-refractivity contribution in [3.8, 4) is 0 Å². The fourth-order valence-corrected chi connectivity index (χ4v) is 3.87. The second-order valence-electron chi connectivity index (χ2n) is 5.91. The Morgan fingerprint density at radius 3 is 2.56 bits per heavy atom. The number of likely N-dealkylation sites (tertiary alicyclic amines) is 1. The lowest BCUT2D eigenvalue weighted by Gasteiger charge is -2.35. The second kappa shape index (κ2) is 6.35. The smallest absolute Gasteiger partial charge is 0.309 e. The van der Waals surface area contributed by atoms with Gasteiger partial charge in [0.25, 0.3) is 0 Å². The maximum Gasteiger partial charge on any atom is 0.309 e. The zero-order valence-corrected chi connectivity index (χ0v) is 12.2. The summed E-state index contributed by atoms with van der Waals surface area (Å²) >= 11 is 5.60. The highest BCUT2D eigenvalue weighted by molar-refractivity contribution is 7.80. The molecule has 18 heavy (non-hydrogen) atoms. The summed E-state index contributed by atoms with van der Waals surface area (Å²) in [4.78, 5) is 3.09. The molecule has 0 radical (unpaired) electrons. The van der Waals surface area contributed by atoms with E-state index in [0.717, 1.165) is 24.4 Å². The zero-order valence-electron chi connectivity index (χ0n) is 11.3. The molecule has 1 saturated carbocycles. The van der Waals surface area contributed by atoms with Gasteiger partial charge in [-0.1, -0.05) is 38.3 Å². The minimum Gasteiger partial charge on any atom is -0.449 e. The summed E-state index contributed by atoms with van der Waals surface area (Å²) in [7, 11) is 0. The van der Waals surface area contributed by atoms with Crippen molar-refractivity contribution < 1.29 is 5.02 Å². The van der Waals surface area contributed by atoms with Gasteiger partial charge in [-0.15, -0.1) is 0 Å². The van der Waals surface area contributed by atoms with Gasteiger partial charge in [-0.05, 0) is 31.6 Å². The van der Waals surface area contributed by atoms with Gasteiger partial charge in [0.2, 0.25) is 0 Å². The van der Waals surface area contributed by atoms with Crippen LogP contribution in [0.25, 0.3) is 0 Å². The molecular formula is C13H25BN2OS. The molecule has 1 aliphatic carbocycles. The van der Waals surface area contributed by atoms with Crippen molar-refractivity contribution in [1.82, 2.24) is 4.90 Å². The molecule has 0 aromatic heterocycles. The topological polar surface area (TPSA) is 49.5 Å². The summed E-state index contributed by atoms with van der Waals surface area (Å²) in [5.41, 5.74) is 6.37. The molecule has 1 saturated heterocycles. The summed E-state index contributed by atoms with van der Waals surface area (Å²) in [5, 5.41) is 9.82. The Morgan fingerprint density at radius 2 is 1.94 bits per heavy atom. The minimum atomic E-state index is -0.316. The van der Waals surface area contributed by atoms with Gasteiger partial charge in [0, 0.05) is 12.5 Å². The Hall–Kier alpha value is -0.125. The molecule has 1 aliphatic heterocycles. The molecule has 102 valence electrons. The Morgan fingerprint density at radius 1 is 1.28 bits per heavy atom. The van der Waals surface area contributed by atoms with Crippen molar-refractivity contribution in [1.29, 1.82) is 0 Å². The Labute approximate surface area is 116 Å². The Kier molecular flexibility index (Phi) is 5.04. The normalized spacial score (nSPS) is 27.3. The van der Waals surface area contributed by atoms with E-state index < -0.39 is 0 Å². The Balaban J connectivity index is 1.96. The molecule has 0 unspecified atom stereocenters. The fourth-order valence-electron chi connectivity index (χ4n) is 3.45. The molecule has 0 spiro atoms. The average Bonchev–Trinajstić information content (AvgIpc) is 2.87. The Bertz CT molecular complexity index is 295. The SMILES string of the molecule is CB(O)[C@@H]1CCCN1C(=S)[C@@H](N)C1CCCCC1. The third-order valence-electron chi connectivity index (χ3n) is 4.58. The first kappa shape index (κ1) is 14.3. The lowest BCUT2D eigenvalue weighted by molar-refractivity contribution is 0.324. The van der Waals surface area contributed by atoms with E-state index in [-0.39, 0.29) is 18.9 Å². The van der Waals surface area contributed by atoms with Crippen LogP contribution in [0.4, 0.5) is 0 Å². The molecule has 5 heteroatoms. The van der Waals surface area contributed by atoms with Gasteiger partial charge in [-0.2, -0.15) is 0 Å². The lowest BCUT2D eigenvalue weighted by atomic mass is 9.62.